The minimum atomic E-state index is -1.04. The topological polar surface area (TPSA) is 20.2 Å². The van der Waals surface area contributed by atoms with E-state index in [0.29, 0.717) is 23.4 Å². The molecule has 0 bridgehead atoms. The standard InChI is InChI=1S/C15H20ClFO/c1-14(2)6-3-7-15(18,9-8-14)12-5-4-11(16)10-13(12)17/h4-5,10,18H,3,6-9H2,1-2H3. The molecule has 0 aromatic heterocycles. The summed E-state index contributed by atoms with van der Waals surface area (Å²) in [6.45, 7) is 4.41. The molecule has 18 heavy (non-hydrogen) atoms. The lowest BCUT2D eigenvalue weighted by molar-refractivity contribution is 0.0147. The van der Waals surface area contributed by atoms with Crippen LogP contribution in [0.3, 0.4) is 0 Å². The maximum Gasteiger partial charge on any atom is 0.130 e. The Morgan fingerprint density at radius 1 is 1.17 bits per heavy atom. The van der Waals surface area contributed by atoms with E-state index >= 15 is 0 Å². The van der Waals surface area contributed by atoms with Crippen LogP contribution in [0.2, 0.25) is 5.02 Å². The zero-order valence-corrected chi connectivity index (χ0v) is 11.7. The maximum atomic E-state index is 14.0. The number of hydrogen-bond donors (Lipinski definition) is 1. The van der Waals surface area contributed by atoms with E-state index in [-0.39, 0.29) is 5.41 Å². The fourth-order valence-electron chi connectivity index (χ4n) is 2.79. The second-order valence-electron chi connectivity index (χ2n) is 6.17. The highest BCUT2D eigenvalue weighted by Gasteiger charge is 2.36. The second kappa shape index (κ2) is 4.82. The molecule has 2 rings (SSSR count). The summed E-state index contributed by atoms with van der Waals surface area (Å²) in [5, 5.41) is 11.1. The molecule has 0 spiro atoms. The summed E-state index contributed by atoms with van der Waals surface area (Å²) < 4.78 is 14.0. The number of hydrogen-bond acceptors (Lipinski definition) is 1. The predicted molar refractivity (Wildman–Crippen MR) is 72.2 cm³/mol. The third kappa shape index (κ3) is 2.86. The summed E-state index contributed by atoms with van der Waals surface area (Å²) in [4.78, 5) is 0. The van der Waals surface area contributed by atoms with Crippen LogP contribution in [0.1, 0.15) is 51.5 Å². The van der Waals surface area contributed by atoms with Crippen LogP contribution < -0.4 is 0 Å². The molecule has 1 aromatic carbocycles. The minimum absolute atomic E-state index is 0.230. The second-order valence-corrected chi connectivity index (χ2v) is 6.61. The first-order valence-electron chi connectivity index (χ1n) is 6.50. The molecule has 0 heterocycles. The third-order valence-corrected chi connectivity index (χ3v) is 4.33. The summed E-state index contributed by atoms with van der Waals surface area (Å²) in [6, 6.07) is 4.55. The molecule has 1 aliphatic rings. The molecule has 100 valence electrons. The SMILES string of the molecule is CC1(C)CCCC(O)(c2ccc(Cl)cc2F)CC1. The van der Waals surface area contributed by atoms with Gasteiger partial charge in [-0.1, -0.05) is 31.5 Å². The molecule has 3 heteroatoms. The van der Waals surface area contributed by atoms with E-state index < -0.39 is 11.4 Å². The van der Waals surface area contributed by atoms with Crippen molar-refractivity contribution in [2.45, 2.75) is 51.6 Å². The Morgan fingerprint density at radius 3 is 2.56 bits per heavy atom. The fraction of sp³-hybridized carbons (Fsp3) is 0.600. The van der Waals surface area contributed by atoms with E-state index in [9.17, 15) is 9.50 Å². The third-order valence-electron chi connectivity index (χ3n) is 4.09. The summed E-state index contributed by atoms with van der Waals surface area (Å²) in [7, 11) is 0. The van der Waals surface area contributed by atoms with Crippen LogP contribution >= 0.6 is 11.6 Å². The van der Waals surface area contributed by atoms with E-state index in [1.54, 1.807) is 12.1 Å². The average molecular weight is 271 g/mol. The maximum absolute atomic E-state index is 14.0. The summed E-state index contributed by atoms with van der Waals surface area (Å²) in [5.74, 6) is -0.398. The van der Waals surface area contributed by atoms with E-state index in [1.165, 1.54) is 6.07 Å². The van der Waals surface area contributed by atoms with E-state index in [1.807, 2.05) is 0 Å². The quantitative estimate of drug-likeness (QED) is 0.736. The zero-order chi connectivity index (χ0) is 13.4. The van der Waals surface area contributed by atoms with Gasteiger partial charge in [-0.25, -0.2) is 4.39 Å². The van der Waals surface area contributed by atoms with Crippen molar-refractivity contribution in [3.8, 4) is 0 Å². The average Bonchev–Trinajstić information content (AvgIpc) is 2.39. The van der Waals surface area contributed by atoms with E-state index in [2.05, 4.69) is 13.8 Å². The predicted octanol–water partition coefficient (Wildman–Crippen LogP) is 4.66. The van der Waals surface area contributed by atoms with Crippen molar-refractivity contribution >= 4 is 11.6 Å². The van der Waals surface area contributed by atoms with Gasteiger partial charge in [0.1, 0.15) is 5.82 Å². The van der Waals surface area contributed by atoms with Crippen molar-refractivity contribution < 1.29 is 9.50 Å². The highest BCUT2D eigenvalue weighted by Crippen LogP contribution is 2.43. The van der Waals surface area contributed by atoms with Gasteiger partial charge in [0.05, 0.1) is 5.60 Å². The first kappa shape index (κ1) is 13.8. The Bertz CT molecular complexity index is 444. The van der Waals surface area contributed by atoms with Gasteiger partial charge in [0.25, 0.3) is 0 Å². The minimum Gasteiger partial charge on any atom is -0.385 e. The Kier molecular flexibility index (Phi) is 3.70. The van der Waals surface area contributed by atoms with Gasteiger partial charge in [-0.15, -0.1) is 0 Å². The van der Waals surface area contributed by atoms with Crippen LogP contribution in [-0.2, 0) is 5.60 Å². The smallest absolute Gasteiger partial charge is 0.130 e. The summed E-state index contributed by atoms with van der Waals surface area (Å²) in [6.07, 6.45) is 4.13. The molecule has 1 nitrogen and oxygen atoms in total. The number of rotatable bonds is 1. The van der Waals surface area contributed by atoms with E-state index in [4.69, 9.17) is 11.6 Å². The number of benzene rings is 1. The molecule has 1 N–H and O–H groups in total. The van der Waals surface area contributed by atoms with Crippen LogP contribution in [0.4, 0.5) is 4.39 Å². The number of aliphatic hydroxyl groups is 1. The van der Waals surface area contributed by atoms with Crippen molar-refractivity contribution in [2.24, 2.45) is 5.41 Å². The Balaban J connectivity index is 2.30. The first-order valence-corrected chi connectivity index (χ1v) is 6.88. The van der Waals surface area contributed by atoms with Crippen LogP contribution in [-0.4, -0.2) is 5.11 Å². The van der Waals surface area contributed by atoms with E-state index in [0.717, 1.165) is 19.3 Å². The normalized spacial score (nSPS) is 27.8. The zero-order valence-electron chi connectivity index (χ0n) is 11.0. The summed E-state index contributed by atoms with van der Waals surface area (Å²) >= 11 is 5.76. The highest BCUT2D eigenvalue weighted by atomic mass is 35.5. The van der Waals surface area contributed by atoms with Crippen molar-refractivity contribution in [1.82, 2.24) is 0 Å². The van der Waals surface area contributed by atoms with Crippen LogP contribution in [0.15, 0.2) is 18.2 Å². The van der Waals surface area contributed by atoms with Crippen molar-refractivity contribution in [2.75, 3.05) is 0 Å². The molecule has 0 aliphatic heterocycles. The van der Waals surface area contributed by atoms with Gasteiger partial charge in [0.15, 0.2) is 0 Å². The molecule has 1 aliphatic carbocycles. The van der Waals surface area contributed by atoms with Gasteiger partial charge in [0, 0.05) is 10.6 Å². The van der Waals surface area contributed by atoms with Gasteiger partial charge in [-0.3, -0.25) is 0 Å². The molecule has 1 unspecified atom stereocenters. The molecular weight excluding hydrogens is 251 g/mol. The van der Waals surface area contributed by atoms with Crippen LogP contribution in [0, 0.1) is 11.2 Å². The first-order chi connectivity index (χ1) is 8.32. The van der Waals surface area contributed by atoms with Crippen molar-refractivity contribution in [3.63, 3.8) is 0 Å². The molecule has 0 radical (unpaired) electrons. The molecule has 0 amide bonds. The van der Waals surface area contributed by atoms with Gasteiger partial charge < -0.3 is 5.11 Å². The molecule has 1 atom stereocenters. The highest BCUT2D eigenvalue weighted by molar-refractivity contribution is 6.30. The van der Waals surface area contributed by atoms with Gasteiger partial charge in [0.2, 0.25) is 0 Å². The van der Waals surface area contributed by atoms with Crippen LogP contribution in [0.5, 0.6) is 0 Å². The number of halogens is 2. The molecular formula is C15H20ClFO. The van der Waals surface area contributed by atoms with Crippen molar-refractivity contribution in [3.05, 3.63) is 34.6 Å². The molecule has 1 fully saturated rings. The summed E-state index contributed by atoms with van der Waals surface area (Å²) in [5.41, 5.74) is -0.417. The van der Waals surface area contributed by atoms with Gasteiger partial charge in [-0.05, 0) is 49.7 Å². The fourth-order valence-corrected chi connectivity index (χ4v) is 2.95. The molecule has 0 saturated heterocycles. The van der Waals surface area contributed by atoms with Gasteiger partial charge in [-0.2, -0.15) is 0 Å². The Morgan fingerprint density at radius 2 is 1.89 bits per heavy atom. The lowest BCUT2D eigenvalue weighted by Crippen LogP contribution is -2.26. The largest absolute Gasteiger partial charge is 0.385 e. The lowest BCUT2D eigenvalue weighted by Gasteiger charge is -2.28. The van der Waals surface area contributed by atoms with Crippen molar-refractivity contribution in [1.29, 1.82) is 0 Å². The van der Waals surface area contributed by atoms with Crippen LogP contribution in [0.25, 0.3) is 0 Å². The molecule has 1 saturated carbocycles. The molecule has 1 aromatic rings. The lowest BCUT2D eigenvalue weighted by atomic mass is 9.82. The monoisotopic (exact) mass is 270 g/mol. The Labute approximate surface area is 113 Å². The van der Waals surface area contributed by atoms with Gasteiger partial charge >= 0.3 is 0 Å². The Hall–Kier alpha value is -0.600.